The first-order valence-electron chi connectivity index (χ1n) is 6.48. The molecule has 1 aliphatic carbocycles. The third-order valence-electron chi connectivity index (χ3n) is 3.44. The second kappa shape index (κ2) is 6.89. The zero-order valence-corrected chi connectivity index (χ0v) is 10.6. The van der Waals surface area contributed by atoms with Crippen LogP contribution < -0.4 is 0 Å². The van der Waals surface area contributed by atoms with Gasteiger partial charge in [-0.2, -0.15) is 0 Å². The molecule has 1 rings (SSSR count). The molecule has 0 aromatic carbocycles. The average molecular weight is 227 g/mol. The van der Waals surface area contributed by atoms with Crippen LogP contribution in [0.25, 0.3) is 0 Å². The molecule has 1 fully saturated rings. The second-order valence-corrected chi connectivity index (χ2v) is 5.43. The van der Waals surface area contributed by atoms with Gasteiger partial charge in [0.05, 0.1) is 0 Å². The maximum absolute atomic E-state index is 10.6. The molecule has 0 bridgehead atoms. The van der Waals surface area contributed by atoms with Crippen molar-refractivity contribution < 1.29 is 9.90 Å². The monoisotopic (exact) mass is 227 g/mol. The molecule has 0 amide bonds. The summed E-state index contributed by atoms with van der Waals surface area (Å²) in [7, 11) is 2.12. The maximum atomic E-state index is 10.6. The first kappa shape index (κ1) is 13.5. The largest absolute Gasteiger partial charge is 0.481 e. The number of carbonyl (C=O) groups is 1. The summed E-state index contributed by atoms with van der Waals surface area (Å²) in [6.45, 7) is 4.07. The van der Waals surface area contributed by atoms with Gasteiger partial charge in [0, 0.05) is 19.5 Å². The van der Waals surface area contributed by atoms with Crippen molar-refractivity contribution >= 4 is 5.97 Å². The van der Waals surface area contributed by atoms with Gasteiger partial charge in [-0.1, -0.05) is 26.2 Å². The van der Waals surface area contributed by atoms with Gasteiger partial charge < -0.3 is 10.0 Å². The highest BCUT2D eigenvalue weighted by Gasteiger charge is 2.17. The second-order valence-electron chi connectivity index (χ2n) is 5.43. The Morgan fingerprint density at radius 2 is 2.00 bits per heavy atom. The molecule has 1 aliphatic rings. The summed E-state index contributed by atoms with van der Waals surface area (Å²) >= 11 is 0. The molecular weight excluding hydrogens is 202 g/mol. The van der Waals surface area contributed by atoms with Gasteiger partial charge in [-0.25, -0.2) is 0 Å². The van der Waals surface area contributed by atoms with E-state index >= 15 is 0 Å². The summed E-state index contributed by atoms with van der Waals surface area (Å²) in [4.78, 5) is 12.9. The van der Waals surface area contributed by atoms with Crippen molar-refractivity contribution in [3.05, 3.63) is 0 Å². The lowest BCUT2D eigenvalue weighted by Gasteiger charge is -2.28. The molecule has 0 heterocycles. The highest BCUT2D eigenvalue weighted by molar-refractivity contribution is 5.66. The smallest absolute Gasteiger partial charge is 0.303 e. The fourth-order valence-corrected chi connectivity index (χ4v) is 2.78. The van der Waals surface area contributed by atoms with Crippen LogP contribution in [0, 0.1) is 11.8 Å². The Kier molecular flexibility index (Phi) is 5.81. The van der Waals surface area contributed by atoms with Gasteiger partial charge in [0.15, 0.2) is 0 Å². The lowest BCUT2D eigenvalue weighted by atomic mass is 9.89. The van der Waals surface area contributed by atoms with E-state index in [1.54, 1.807) is 0 Å². The Bertz CT molecular complexity index is 212. The summed E-state index contributed by atoms with van der Waals surface area (Å²) in [6, 6.07) is 0. The normalized spacial score (nSPS) is 19.9. The molecule has 0 spiro atoms. The molecule has 1 unspecified atom stereocenters. The molecule has 94 valence electrons. The van der Waals surface area contributed by atoms with Crippen molar-refractivity contribution in [3.8, 4) is 0 Å². The summed E-state index contributed by atoms with van der Waals surface area (Å²) in [5.41, 5.74) is 0. The van der Waals surface area contributed by atoms with Crippen LogP contribution in [0.1, 0.15) is 45.4 Å². The highest BCUT2D eigenvalue weighted by atomic mass is 16.4. The Hall–Kier alpha value is -0.570. The Morgan fingerprint density at radius 1 is 1.38 bits per heavy atom. The van der Waals surface area contributed by atoms with E-state index in [9.17, 15) is 4.79 Å². The molecule has 1 atom stereocenters. The van der Waals surface area contributed by atoms with Gasteiger partial charge >= 0.3 is 5.97 Å². The summed E-state index contributed by atoms with van der Waals surface area (Å²) < 4.78 is 0. The van der Waals surface area contributed by atoms with Gasteiger partial charge in [0.25, 0.3) is 0 Å². The van der Waals surface area contributed by atoms with Crippen molar-refractivity contribution in [1.29, 1.82) is 0 Å². The first-order chi connectivity index (χ1) is 7.58. The van der Waals surface area contributed by atoms with E-state index in [1.807, 2.05) is 6.92 Å². The van der Waals surface area contributed by atoms with E-state index in [2.05, 4.69) is 11.9 Å². The molecule has 1 N–H and O–H groups in total. The van der Waals surface area contributed by atoms with Crippen LogP contribution in [0.4, 0.5) is 0 Å². The zero-order chi connectivity index (χ0) is 12.0. The van der Waals surface area contributed by atoms with Crippen molar-refractivity contribution in [1.82, 2.24) is 4.90 Å². The molecule has 0 saturated heterocycles. The molecular formula is C13H25NO2. The van der Waals surface area contributed by atoms with Crippen molar-refractivity contribution in [2.45, 2.75) is 45.4 Å². The molecule has 1 saturated carbocycles. The van der Waals surface area contributed by atoms with Crippen molar-refractivity contribution in [2.24, 2.45) is 11.8 Å². The first-order valence-corrected chi connectivity index (χ1v) is 6.48. The minimum atomic E-state index is -0.682. The Morgan fingerprint density at radius 3 is 2.56 bits per heavy atom. The number of carboxylic acid groups (broad SMARTS) is 1. The lowest BCUT2D eigenvalue weighted by molar-refractivity contribution is -0.138. The summed E-state index contributed by atoms with van der Waals surface area (Å²) in [6.07, 6.45) is 7.16. The zero-order valence-electron chi connectivity index (χ0n) is 10.6. The minimum Gasteiger partial charge on any atom is -0.481 e. The average Bonchev–Trinajstić information content (AvgIpc) is 2.17. The van der Waals surface area contributed by atoms with Crippen LogP contribution in [0.3, 0.4) is 0 Å². The third kappa shape index (κ3) is 5.50. The van der Waals surface area contributed by atoms with Gasteiger partial charge in [0.1, 0.15) is 0 Å². The summed E-state index contributed by atoms with van der Waals surface area (Å²) in [5.74, 6) is 0.417. The fraction of sp³-hybridized carbons (Fsp3) is 0.923. The fourth-order valence-electron chi connectivity index (χ4n) is 2.78. The van der Waals surface area contributed by atoms with Gasteiger partial charge in [-0.15, -0.1) is 0 Å². The Balaban J connectivity index is 2.18. The quantitative estimate of drug-likeness (QED) is 0.758. The molecule has 3 heteroatoms. The van der Waals surface area contributed by atoms with Crippen LogP contribution in [0.2, 0.25) is 0 Å². The molecule has 0 aromatic heterocycles. The number of nitrogens with zero attached hydrogens (tertiary/aromatic N) is 1. The number of aliphatic carboxylic acids is 1. The van der Waals surface area contributed by atoms with E-state index in [-0.39, 0.29) is 12.3 Å². The molecule has 0 aliphatic heterocycles. The van der Waals surface area contributed by atoms with Crippen LogP contribution in [-0.2, 0) is 4.79 Å². The number of carboxylic acids is 1. The van der Waals surface area contributed by atoms with Gasteiger partial charge in [0.2, 0.25) is 0 Å². The van der Waals surface area contributed by atoms with E-state index in [1.165, 1.54) is 32.1 Å². The van der Waals surface area contributed by atoms with Crippen LogP contribution in [-0.4, -0.2) is 36.1 Å². The van der Waals surface area contributed by atoms with Crippen LogP contribution in [0.5, 0.6) is 0 Å². The lowest BCUT2D eigenvalue weighted by Crippen LogP contribution is -2.31. The topological polar surface area (TPSA) is 40.5 Å². The summed E-state index contributed by atoms with van der Waals surface area (Å²) in [5, 5.41) is 8.70. The predicted molar refractivity (Wildman–Crippen MR) is 65.5 cm³/mol. The van der Waals surface area contributed by atoms with E-state index in [0.29, 0.717) is 0 Å². The Labute approximate surface area is 98.8 Å². The van der Waals surface area contributed by atoms with Crippen molar-refractivity contribution in [2.75, 3.05) is 20.1 Å². The van der Waals surface area contributed by atoms with Crippen molar-refractivity contribution in [3.63, 3.8) is 0 Å². The standard InChI is InChI=1S/C13H25NO2/c1-11(8-13(15)16)9-14(2)10-12-6-4-3-5-7-12/h11-12H,3-10H2,1-2H3,(H,15,16). The van der Waals surface area contributed by atoms with Crippen LogP contribution in [0.15, 0.2) is 0 Å². The predicted octanol–water partition coefficient (Wildman–Crippen LogP) is 2.61. The minimum absolute atomic E-state index is 0.256. The van der Waals surface area contributed by atoms with Gasteiger partial charge in [-0.05, 0) is 31.7 Å². The number of rotatable bonds is 6. The van der Waals surface area contributed by atoms with E-state index in [0.717, 1.165) is 19.0 Å². The van der Waals surface area contributed by atoms with E-state index in [4.69, 9.17) is 5.11 Å². The van der Waals surface area contributed by atoms with Gasteiger partial charge in [-0.3, -0.25) is 4.79 Å². The highest BCUT2D eigenvalue weighted by Crippen LogP contribution is 2.24. The SMILES string of the molecule is CC(CC(=O)O)CN(C)CC1CCCCC1. The number of hydrogen-bond donors (Lipinski definition) is 1. The van der Waals surface area contributed by atoms with E-state index < -0.39 is 5.97 Å². The molecule has 16 heavy (non-hydrogen) atoms. The maximum Gasteiger partial charge on any atom is 0.303 e. The number of hydrogen-bond acceptors (Lipinski definition) is 2. The molecule has 3 nitrogen and oxygen atoms in total. The third-order valence-corrected chi connectivity index (χ3v) is 3.44. The molecule has 0 aromatic rings. The van der Waals surface area contributed by atoms with Crippen LogP contribution >= 0.6 is 0 Å². The molecule has 0 radical (unpaired) electrons.